The van der Waals surface area contributed by atoms with E-state index in [1.165, 1.54) is 7.11 Å². The second kappa shape index (κ2) is 9.12. The standard InChI is InChI=1S/C16H24N2O5/c1-10(2)6-14(18-16(22)23-3)15(21)17-13-5-4-11(8-19)12(7-13)9-20/h4-5,7,10,14,19-20H,6,8-9H2,1-3H3,(H,17,21)(H,18,22)/t14-/m0/s1. The van der Waals surface area contributed by atoms with Gasteiger partial charge >= 0.3 is 6.09 Å². The predicted molar refractivity (Wildman–Crippen MR) is 85.7 cm³/mol. The van der Waals surface area contributed by atoms with Gasteiger partial charge in [0.15, 0.2) is 0 Å². The van der Waals surface area contributed by atoms with Crippen LogP contribution in [0.3, 0.4) is 0 Å². The molecule has 1 aromatic rings. The van der Waals surface area contributed by atoms with Gasteiger partial charge < -0.3 is 25.6 Å². The molecule has 0 unspecified atom stereocenters. The van der Waals surface area contributed by atoms with Crippen molar-refractivity contribution in [3.63, 3.8) is 0 Å². The molecule has 0 aliphatic rings. The van der Waals surface area contributed by atoms with Crippen LogP contribution >= 0.6 is 0 Å². The summed E-state index contributed by atoms with van der Waals surface area (Å²) in [5.41, 5.74) is 1.61. The molecule has 7 nitrogen and oxygen atoms in total. The number of methoxy groups -OCH3 is 1. The van der Waals surface area contributed by atoms with Crippen molar-refractivity contribution in [3.05, 3.63) is 29.3 Å². The first-order valence-corrected chi connectivity index (χ1v) is 7.40. The normalized spacial score (nSPS) is 11.9. The predicted octanol–water partition coefficient (Wildman–Crippen LogP) is 1.38. The first-order chi connectivity index (χ1) is 10.9. The number of benzene rings is 1. The van der Waals surface area contributed by atoms with Crippen LogP contribution in [0, 0.1) is 5.92 Å². The molecule has 128 valence electrons. The number of amides is 2. The van der Waals surface area contributed by atoms with Crippen LogP contribution in [0.1, 0.15) is 31.4 Å². The lowest BCUT2D eigenvalue weighted by Crippen LogP contribution is -2.44. The fraction of sp³-hybridized carbons (Fsp3) is 0.500. The van der Waals surface area contributed by atoms with Gasteiger partial charge in [-0.05, 0) is 35.6 Å². The average Bonchev–Trinajstić information content (AvgIpc) is 2.53. The van der Waals surface area contributed by atoms with E-state index in [0.29, 0.717) is 23.2 Å². The molecular formula is C16H24N2O5. The highest BCUT2D eigenvalue weighted by molar-refractivity contribution is 5.96. The minimum Gasteiger partial charge on any atom is -0.453 e. The topological polar surface area (TPSA) is 108 Å². The first kappa shape index (κ1) is 18.9. The molecule has 1 rings (SSSR count). The lowest BCUT2D eigenvalue weighted by atomic mass is 10.0. The van der Waals surface area contributed by atoms with E-state index >= 15 is 0 Å². The molecule has 1 aromatic carbocycles. The van der Waals surface area contributed by atoms with Crippen molar-refractivity contribution in [2.75, 3.05) is 12.4 Å². The van der Waals surface area contributed by atoms with Crippen LogP contribution in [0.2, 0.25) is 0 Å². The summed E-state index contributed by atoms with van der Waals surface area (Å²) in [6.45, 7) is 3.46. The summed E-state index contributed by atoms with van der Waals surface area (Å²) in [6.07, 6.45) is -0.208. The monoisotopic (exact) mass is 324 g/mol. The number of anilines is 1. The van der Waals surface area contributed by atoms with Gasteiger partial charge in [0.1, 0.15) is 6.04 Å². The van der Waals surface area contributed by atoms with Crippen LogP contribution in [-0.4, -0.2) is 35.4 Å². The lowest BCUT2D eigenvalue weighted by molar-refractivity contribution is -0.118. The Labute approximate surface area is 135 Å². The maximum absolute atomic E-state index is 12.4. The minimum atomic E-state index is -0.724. The molecule has 1 atom stereocenters. The Morgan fingerprint density at radius 1 is 1.17 bits per heavy atom. The van der Waals surface area contributed by atoms with Crippen LogP contribution < -0.4 is 10.6 Å². The number of aliphatic hydroxyl groups excluding tert-OH is 2. The van der Waals surface area contributed by atoms with E-state index in [1.54, 1.807) is 18.2 Å². The molecule has 0 heterocycles. The minimum absolute atomic E-state index is 0.190. The van der Waals surface area contributed by atoms with Gasteiger partial charge in [0.2, 0.25) is 5.91 Å². The Bertz CT molecular complexity index is 545. The number of carbonyl (C=O) groups is 2. The van der Waals surface area contributed by atoms with Crippen LogP contribution in [0.15, 0.2) is 18.2 Å². The molecule has 0 bridgehead atoms. The summed E-state index contributed by atoms with van der Waals surface area (Å²) in [5, 5.41) is 23.7. The number of hydrogen-bond donors (Lipinski definition) is 4. The largest absolute Gasteiger partial charge is 0.453 e. The summed E-state index contributed by atoms with van der Waals surface area (Å²) in [6, 6.07) is 4.13. The van der Waals surface area contributed by atoms with Crippen molar-refractivity contribution in [2.45, 2.75) is 39.5 Å². The van der Waals surface area contributed by atoms with Crippen molar-refractivity contribution < 1.29 is 24.5 Å². The third kappa shape index (κ3) is 5.88. The zero-order valence-corrected chi connectivity index (χ0v) is 13.6. The molecular weight excluding hydrogens is 300 g/mol. The Hall–Kier alpha value is -2.12. The summed E-state index contributed by atoms with van der Waals surface area (Å²) < 4.78 is 4.54. The van der Waals surface area contributed by atoms with Gasteiger partial charge in [-0.2, -0.15) is 0 Å². The number of hydrogen-bond acceptors (Lipinski definition) is 5. The SMILES string of the molecule is COC(=O)N[C@@H](CC(C)C)C(=O)Nc1ccc(CO)c(CO)c1. The quantitative estimate of drug-likeness (QED) is 0.606. The molecule has 0 saturated carbocycles. The molecule has 0 fully saturated rings. The summed E-state index contributed by atoms with van der Waals surface area (Å²) in [7, 11) is 1.24. The molecule has 0 spiro atoms. The molecule has 23 heavy (non-hydrogen) atoms. The van der Waals surface area contributed by atoms with Crippen molar-refractivity contribution >= 4 is 17.7 Å². The van der Waals surface area contributed by atoms with Crippen LogP contribution in [0.5, 0.6) is 0 Å². The molecule has 0 radical (unpaired) electrons. The molecule has 0 aromatic heterocycles. The van der Waals surface area contributed by atoms with E-state index in [1.807, 2.05) is 13.8 Å². The van der Waals surface area contributed by atoms with E-state index in [4.69, 9.17) is 0 Å². The maximum Gasteiger partial charge on any atom is 0.407 e. The van der Waals surface area contributed by atoms with Gasteiger partial charge in [-0.25, -0.2) is 4.79 Å². The summed E-state index contributed by atoms with van der Waals surface area (Å²) in [5.74, 6) is -0.169. The average molecular weight is 324 g/mol. The van der Waals surface area contributed by atoms with Crippen molar-refractivity contribution in [1.82, 2.24) is 5.32 Å². The maximum atomic E-state index is 12.4. The Morgan fingerprint density at radius 2 is 1.83 bits per heavy atom. The van der Waals surface area contributed by atoms with Crippen LogP contribution in [0.25, 0.3) is 0 Å². The smallest absolute Gasteiger partial charge is 0.407 e. The Morgan fingerprint density at radius 3 is 2.35 bits per heavy atom. The van der Waals surface area contributed by atoms with Gasteiger partial charge in [0, 0.05) is 5.69 Å². The fourth-order valence-corrected chi connectivity index (χ4v) is 2.14. The lowest BCUT2D eigenvalue weighted by Gasteiger charge is -2.20. The number of ether oxygens (including phenoxy) is 1. The van der Waals surface area contributed by atoms with Gasteiger partial charge in [-0.1, -0.05) is 19.9 Å². The van der Waals surface area contributed by atoms with Gasteiger partial charge in [0.25, 0.3) is 0 Å². The molecule has 2 amide bonds. The summed E-state index contributed by atoms with van der Waals surface area (Å²) in [4.78, 5) is 23.7. The number of rotatable bonds is 7. The second-order valence-corrected chi connectivity index (χ2v) is 5.61. The molecule has 0 aliphatic carbocycles. The van der Waals surface area contributed by atoms with E-state index < -0.39 is 12.1 Å². The van der Waals surface area contributed by atoms with Crippen molar-refractivity contribution in [2.24, 2.45) is 5.92 Å². The third-order valence-electron chi connectivity index (χ3n) is 3.32. The Balaban J connectivity index is 2.86. The Kier molecular flexibility index (Phi) is 7.50. The molecule has 0 saturated heterocycles. The van der Waals surface area contributed by atoms with Crippen LogP contribution in [-0.2, 0) is 22.7 Å². The highest BCUT2D eigenvalue weighted by Crippen LogP contribution is 2.17. The second-order valence-electron chi connectivity index (χ2n) is 5.61. The van der Waals surface area contributed by atoms with E-state index in [-0.39, 0.29) is 25.0 Å². The van der Waals surface area contributed by atoms with Crippen LogP contribution in [0.4, 0.5) is 10.5 Å². The third-order valence-corrected chi connectivity index (χ3v) is 3.32. The first-order valence-electron chi connectivity index (χ1n) is 7.40. The zero-order valence-electron chi connectivity index (χ0n) is 13.6. The number of nitrogens with one attached hydrogen (secondary N) is 2. The number of aliphatic hydroxyl groups is 2. The van der Waals surface area contributed by atoms with E-state index in [0.717, 1.165) is 0 Å². The van der Waals surface area contributed by atoms with E-state index in [2.05, 4.69) is 15.4 Å². The van der Waals surface area contributed by atoms with Gasteiger partial charge in [0.05, 0.1) is 20.3 Å². The summed E-state index contributed by atoms with van der Waals surface area (Å²) >= 11 is 0. The van der Waals surface area contributed by atoms with Gasteiger partial charge in [-0.15, -0.1) is 0 Å². The number of alkyl carbamates (subject to hydrolysis) is 1. The van der Waals surface area contributed by atoms with Gasteiger partial charge in [-0.3, -0.25) is 4.79 Å². The highest BCUT2D eigenvalue weighted by Gasteiger charge is 2.22. The fourth-order valence-electron chi connectivity index (χ4n) is 2.14. The zero-order chi connectivity index (χ0) is 17.4. The molecule has 0 aliphatic heterocycles. The molecule has 7 heteroatoms. The van der Waals surface area contributed by atoms with E-state index in [9.17, 15) is 19.8 Å². The number of carbonyl (C=O) groups excluding carboxylic acids is 2. The van der Waals surface area contributed by atoms with Crippen molar-refractivity contribution in [1.29, 1.82) is 0 Å². The molecule has 4 N–H and O–H groups in total. The highest BCUT2D eigenvalue weighted by atomic mass is 16.5. The van der Waals surface area contributed by atoms with Crippen molar-refractivity contribution in [3.8, 4) is 0 Å².